The fourth-order valence-electron chi connectivity index (χ4n) is 3.61. The van der Waals surface area contributed by atoms with Crippen LogP contribution in [0.2, 0.25) is 0 Å². The molecule has 3 atom stereocenters. The molecular formula is C26H28ClN3O3. The summed E-state index contributed by atoms with van der Waals surface area (Å²) in [4.78, 5) is 25.4. The van der Waals surface area contributed by atoms with Crippen LogP contribution in [0, 0.1) is 0 Å². The predicted molar refractivity (Wildman–Crippen MR) is 131 cm³/mol. The Morgan fingerprint density at radius 2 is 1.48 bits per heavy atom. The first-order chi connectivity index (χ1) is 15.6. The van der Waals surface area contributed by atoms with Crippen LogP contribution in [-0.4, -0.2) is 24.1 Å². The van der Waals surface area contributed by atoms with Gasteiger partial charge in [0, 0.05) is 24.1 Å². The second kappa shape index (κ2) is 11.5. The third-order valence-corrected chi connectivity index (χ3v) is 5.55. The molecule has 3 aromatic carbocycles. The van der Waals surface area contributed by atoms with Gasteiger partial charge >= 0.3 is 6.09 Å². The second-order valence-corrected chi connectivity index (χ2v) is 8.07. The molecule has 0 saturated heterocycles. The largest absolute Gasteiger partial charge is 0.445 e. The highest BCUT2D eigenvalue weighted by Crippen LogP contribution is 2.39. The lowest BCUT2D eigenvalue weighted by Gasteiger charge is -2.19. The Balaban J connectivity index is 0.00000306. The maximum absolute atomic E-state index is 13.0. The van der Waals surface area contributed by atoms with Gasteiger partial charge in [-0.05, 0) is 35.2 Å². The normalized spacial score (nSPS) is 17.2. The van der Waals surface area contributed by atoms with Crippen molar-refractivity contribution in [2.75, 3.05) is 5.32 Å². The van der Waals surface area contributed by atoms with Crippen molar-refractivity contribution in [3.8, 4) is 0 Å². The molecule has 0 aliphatic heterocycles. The molecule has 33 heavy (non-hydrogen) atoms. The van der Waals surface area contributed by atoms with Gasteiger partial charge in [0.2, 0.25) is 5.91 Å². The van der Waals surface area contributed by atoms with Crippen molar-refractivity contribution >= 4 is 30.1 Å². The minimum atomic E-state index is -0.780. The molecule has 7 heteroatoms. The Hall–Kier alpha value is -3.35. The molecule has 1 aliphatic carbocycles. The van der Waals surface area contributed by atoms with Crippen LogP contribution in [0.15, 0.2) is 84.9 Å². The van der Waals surface area contributed by atoms with Crippen LogP contribution in [0.25, 0.3) is 0 Å². The lowest BCUT2D eigenvalue weighted by atomic mass is 10.1. The lowest BCUT2D eigenvalue weighted by Crippen LogP contribution is -2.45. The van der Waals surface area contributed by atoms with Gasteiger partial charge in [-0.2, -0.15) is 0 Å². The third-order valence-electron chi connectivity index (χ3n) is 5.55. The number of carbonyl (C=O) groups excluding carboxylic acids is 2. The van der Waals surface area contributed by atoms with Crippen LogP contribution in [0.1, 0.15) is 29.0 Å². The number of anilines is 1. The van der Waals surface area contributed by atoms with Crippen LogP contribution in [0.4, 0.5) is 10.5 Å². The zero-order chi connectivity index (χ0) is 22.3. The number of ether oxygens (including phenoxy) is 1. The summed E-state index contributed by atoms with van der Waals surface area (Å²) in [6, 6.07) is 26.1. The molecule has 1 saturated carbocycles. The van der Waals surface area contributed by atoms with Crippen molar-refractivity contribution in [3.05, 3.63) is 102 Å². The molecule has 0 aromatic heterocycles. The highest BCUT2D eigenvalue weighted by Gasteiger charge is 2.34. The molecule has 2 amide bonds. The minimum absolute atomic E-state index is 0. The van der Waals surface area contributed by atoms with E-state index in [1.54, 1.807) is 0 Å². The fourth-order valence-corrected chi connectivity index (χ4v) is 3.61. The molecule has 0 unspecified atom stereocenters. The Morgan fingerprint density at radius 3 is 2.06 bits per heavy atom. The Kier molecular flexibility index (Phi) is 8.46. The van der Waals surface area contributed by atoms with E-state index in [2.05, 4.69) is 10.6 Å². The summed E-state index contributed by atoms with van der Waals surface area (Å²) in [5, 5.41) is 5.61. The molecule has 1 fully saturated rings. The van der Waals surface area contributed by atoms with Crippen molar-refractivity contribution < 1.29 is 14.3 Å². The molecule has 1 aliphatic rings. The Bertz CT molecular complexity index is 1050. The highest BCUT2D eigenvalue weighted by atomic mass is 35.5. The van der Waals surface area contributed by atoms with Crippen LogP contribution < -0.4 is 16.4 Å². The zero-order valence-electron chi connectivity index (χ0n) is 18.1. The Morgan fingerprint density at radius 1 is 0.909 bits per heavy atom. The fraction of sp³-hybridized carbons (Fsp3) is 0.231. The number of amides is 2. The van der Waals surface area contributed by atoms with E-state index in [1.165, 1.54) is 5.56 Å². The maximum Gasteiger partial charge on any atom is 0.408 e. The van der Waals surface area contributed by atoms with Crippen molar-refractivity contribution in [1.82, 2.24) is 5.32 Å². The molecule has 0 bridgehead atoms. The van der Waals surface area contributed by atoms with Crippen molar-refractivity contribution in [2.45, 2.75) is 37.5 Å². The molecular weight excluding hydrogens is 438 g/mol. The molecule has 0 heterocycles. The minimum Gasteiger partial charge on any atom is -0.445 e. The van der Waals surface area contributed by atoms with Gasteiger partial charge < -0.3 is 21.1 Å². The monoisotopic (exact) mass is 465 g/mol. The van der Waals surface area contributed by atoms with Gasteiger partial charge in [-0.3, -0.25) is 4.79 Å². The molecule has 6 nitrogen and oxygen atoms in total. The number of nitrogens with two attached hydrogens (primary N) is 1. The number of hydrogen-bond donors (Lipinski definition) is 3. The van der Waals surface area contributed by atoms with E-state index >= 15 is 0 Å². The SMILES string of the molecule is Cl.N[C@@H]1C[C@H]1c1ccc(NC(=O)[C@H](Cc2ccccc2)NC(=O)OCc2ccccc2)cc1. The first-order valence-corrected chi connectivity index (χ1v) is 10.8. The molecule has 0 spiro atoms. The Labute approximate surface area is 199 Å². The summed E-state index contributed by atoms with van der Waals surface area (Å²) in [6.07, 6.45) is 0.713. The number of halogens is 1. The lowest BCUT2D eigenvalue weighted by molar-refractivity contribution is -0.118. The molecule has 4 rings (SSSR count). The van der Waals surface area contributed by atoms with Gasteiger partial charge in [0.1, 0.15) is 12.6 Å². The van der Waals surface area contributed by atoms with E-state index in [1.807, 2.05) is 84.9 Å². The van der Waals surface area contributed by atoms with Crippen molar-refractivity contribution in [3.63, 3.8) is 0 Å². The van der Waals surface area contributed by atoms with E-state index in [0.717, 1.165) is 17.5 Å². The first-order valence-electron chi connectivity index (χ1n) is 10.8. The zero-order valence-corrected chi connectivity index (χ0v) is 19.0. The number of hydrogen-bond acceptors (Lipinski definition) is 4. The average molecular weight is 466 g/mol. The van der Waals surface area contributed by atoms with Crippen LogP contribution >= 0.6 is 12.4 Å². The number of rotatable bonds is 8. The van der Waals surface area contributed by atoms with Crippen LogP contribution in [-0.2, 0) is 22.6 Å². The van der Waals surface area contributed by atoms with Gasteiger partial charge in [0.25, 0.3) is 0 Å². The number of alkyl carbamates (subject to hydrolysis) is 1. The van der Waals surface area contributed by atoms with E-state index in [-0.39, 0.29) is 31.0 Å². The standard InChI is InChI=1S/C26H27N3O3.ClH/c27-23-16-22(23)20-11-13-21(14-12-20)28-25(30)24(15-18-7-3-1-4-8-18)29-26(31)32-17-19-9-5-2-6-10-19;/h1-14,22-24H,15-17,27H2,(H,28,30)(H,29,31);1H/t22-,23+,24-;/m0./s1. The predicted octanol–water partition coefficient (Wildman–Crippen LogP) is 4.40. The van der Waals surface area contributed by atoms with Gasteiger partial charge in [-0.25, -0.2) is 4.79 Å². The molecule has 172 valence electrons. The highest BCUT2D eigenvalue weighted by molar-refractivity contribution is 5.96. The molecule has 3 aromatic rings. The number of benzene rings is 3. The van der Waals surface area contributed by atoms with Crippen molar-refractivity contribution in [2.24, 2.45) is 5.73 Å². The van der Waals surface area contributed by atoms with Crippen molar-refractivity contribution in [1.29, 1.82) is 0 Å². The smallest absolute Gasteiger partial charge is 0.408 e. The summed E-state index contributed by atoms with van der Waals surface area (Å²) in [5.41, 5.74) is 9.58. The number of nitrogens with one attached hydrogen (secondary N) is 2. The van der Waals surface area contributed by atoms with E-state index in [4.69, 9.17) is 10.5 Å². The number of carbonyl (C=O) groups is 2. The summed E-state index contributed by atoms with van der Waals surface area (Å²) in [6.45, 7) is 0.136. The van der Waals surface area contributed by atoms with E-state index in [9.17, 15) is 9.59 Å². The molecule has 4 N–H and O–H groups in total. The quantitative estimate of drug-likeness (QED) is 0.459. The van der Waals surface area contributed by atoms with Crippen LogP contribution in [0.3, 0.4) is 0 Å². The van der Waals surface area contributed by atoms with Gasteiger partial charge in [0.05, 0.1) is 0 Å². The summed E-state index contributed by atoms with van der Waals surface area (Å²) in [7, 11) is 0. The van der Waals surface area contributed by atoms with Gasteiger partial charge in [-0.15, -0.1) is 12.4 Å². The molecule has 0 radical (unpaired) electrons. The maximum atomic E-state index is 13.0. The van der Waals surface area contributed by atoms with Gasteiger partial charge in [-0.1, -0.05) is 72.8 Å². The second-order valence-electron chi connectivity index (χ2n) is 8.07. The first kappa shape index (κ1) is 24.3. The van der Waals surface area contributed by atoms with Gasteiger partial charge in [0.15, 0.2) is 0 Å². The average Bonchev–Trinajstić information content (AvgIpc) is 3.55. The van der Waals surface area contributed by atoms with Crippen LogP contribution in [0.5, 0.6) is 0 Å². The topological polar surface area (TPSA) is 93.5 Å². The van der Waals surface area contributed by atoms with E-state index < -0.39 is 12.1 Å². The summed E-state index contributed by atoms with van der Waals surface area (Å²) >= 11 is 0. The summed E-state index contributed by atoms with van der Waals surface area (Å²) < 4.78 is 5.31. The van der Waals surface area contributed by atoms with E-state index in [0.29, 0.717) is 18.0 Å². The summed E-state index contributed by atoms with van der Waals surface area (Å²) in [5.74, 6) is 0.105. The third kappa shape index (κ3) is 7.07.